The summed E-state index contributed by atoms with van der Waals surface area (Å²) in [5.41, 5.74) is 3.14. The third-order valence-electron chi connectivity index (χ3n) is 6.45. The number of carbonyl (C=O) groups is 1. The van der Waals surface area contributed by atoms with Gasteiger partial charge in [-0.25, -0.2) is 4.98 Å². The molecule has 0 aliphatic carbocycles. The van der Waals surface area contributed by atoms with Gasteiger partial charge in [-0.1, -0.05) is 36.4 Å². The van der Waals surface area contributed by atoms with Crippen LogP contribution >= 0.6 is 0 Å². The number of hydrogen-bond donors (Lipinski definition) is 1. The summed E-state index contributed by atoms with van der Waals surface area (Å²) in [4.78, 5) is 30.8. The number of ether oxygens (including phenoxy) is 1. The number of morpholine rings is 1. The van der Waals surface area contributed by atoms with E-state index in [1.807, 2.05) is 47.4 Å². The van der Waals surface area contributed by atoms with Gasteiger partial charge in [-0.15, -0.1) is 0 Å². The maximum atomic E-state index is 13.0. The van der Waals surface area contributed by atoms with Crippen LogP contribution in [0.25, 0.3) is 33.3 Å². The number of hydrogen-bond acceptors (Lipinski definition) is 7. The first kappa shape index (κ1) is 22.7. The van der Waals surface area contributed by atoms with Crippen molar-refractivity contribution < 1.29 is 18.9 Å². The number of nitro benzene ring substituents is 1. The van der Waals surface area contributed by atoms with Gasteiger partial charge in [0, 0.05) is 36.0 Å². The molecule has 4 aromatic carbocycles. The first-order valence-corrected chi connectivity index (χ1v) is 11.9. The molecule has 37 heavy (non-hydrogen) atoms. The number of fused-ring (bicyclic) bond motifs is 2. The van der Waals surface area contributed by atoms with Gasteiger partial charge in [-0.05, 0) is 47.2 Å². The van der Waals surface area contributed by atoms with Crippen molar-refractivity contribution in [2.24, 2.45) is 0 Å². The van der Waals surface area contributed by atoms with E-state index in [4.69, 9.17) is 9.15 Å². The molecule has 1 aromatic heterocycles. The zero-order valence-electron chi connectivity index (χ0n) is 19.7. The summed E-state index contributed by atoms with van der Waals surface area (Å²) < 4.78 is 11.3. The van der Waals surface area contributed by atoms with Crippen LogP contribution in [0.1, 0.15) is 10.4 Å². The Morgan fingerprint density at radius 1 is 0.973 bits per heavy atom. The molecule has 1 saturated heterocycles. The predicted octanol–water partition coefficient (Wildman–Crippen LogP) is 5.65. The molecule has 0 spiro atoms. The molecule has 9 nitrogen and oxygen atoms in total. The zero-order valence-corrected chi connectivity index (χ0v) is 19.7. The number of anilines is 2. The van der Waals surface area contributed by atoms with Crippen molar-refractivity contribution in [2.45, 2.75) is 0 Å². The van der Waals surface area contributed by atoms with E-state index in [2.05, 4.69) is 10.3 Å². The first-order valence-electron chi connectivity index (χ1n) is 11.9. The van der Waals surface area contributed by atoms with Crippen LogP contribution in [0.5, 0.6) is 0 Å². The van der Waals surface area contributed by atoms with Crippen LogP contribution in [0, 0.1) is 10.1 Å². The highest BCUT2D eigenvalue weighted by molar-refractivity contribution is 6.06. The molecule has 0 unspecified atom stereocenters. The minimum atomic E-state index is -0.460. The maximum Gasteiger partial charge on any atom is 0.293 e. The Morgan fingerprint density at radius 3 is 2.62 bits per heavy atom. The van der Waals surface area contributed by atoms with Crippen molar-refractivity contribution in [1.29, 1.82) is 0 Å². The van der Waals surface area contributed by atoms with Gasteiger partial charge in [0.15, 0.2) is 5.58 Å². The number of oxazole rings is 1. The Hall–Kier alpha value is -4.76. The fraction of sp³-hybridized carbons (Fsp3) is 0.143. The largest absolute Gasteiger partial charge is 0.436 e. The summed E-state index contributed by atoms with van der Waals surface area (Å²) in [5, 5.41) is 16.7. The molecular formula is C28H22N4O5. The smallest absolute Gasteiger partial charge is 0.293 e. The number of rotatable bonds is 5. The molecule has 184 valence electrons. The minimum absolute atomic E-state index is 0.110. The van der Waals surface area contributed by atoms with E-state index in [9.17, 15) is 14.9 Å². The SMILES string of the molecule is O=C(Nc1ccc2oc(-c3cccc4ccccc34)nc2c1)c1ccc(N2CCOCC2)c([N+](=O)[O-])c1. The van der Waals surface area contributed by atoms with Crippen LogP contribution in [0.3, 0.4) is 0 Å². The van der Waals surface area contributed by atoms with Crippen LogP contribution in [0.15, 0.2) is 83.3 Å². The lowest BCUT2D eigenvalue weighted by molar-refractivity contribution is -0.384. The topological polar surface area (TPSA) is 111 Å². The average molecular weight is 495 g/mol. The lowest BCUT2D eigenvalue weighted by atomic mass is 10.0. The summed E-state index contributed by atoms with van der Waals surface area (Å²) in [5.74, 6) is 0.0401. The zero-order chi connectivity index (χ0) is 25.4. The summed E-state index contributed by atoms with van der Waals surface area (Å²) >= 11 is 0. The standard InChI is InChI=1S/C28H22N4O5/c33-27(19-8-10-24(25(16-19)32(34)35)31-12-14-36-15-13-31)29-20-9-11-26-23(17-20)30-28(37-26)22-7-3-5-18-4-1-2-6-21(18)22/h1-11,16-17H,12-15H2,(H,29,33). The molecule has 1 fully saturated rings. The Bertz CT molecular complexity index is 1650. The molecule has 1 aliphatic heterocycles. The Kier molecular flexibility index (Phi) is 5.74. The molecule has 9 heteroatoms. The van der Waals surface area contributed by atoms with Crippen LogP contribution in [-0.2, 0) is 4.74 Å². The second-order valence-corrected chi connectivity index (χ2v) is 8.74. The van der Waals surface area contributed by atoms with Crippen molar-refractivity contribution in [3.63, 3.8) is 0 Å². The number of aromatic nitrogens is 1. The van der Waals surface area contributed by atoms with Crippen molar-refractivity contribution in [3.05, 3.63) is 94.5 Å². The van der Waals surface area contributed by atoms with Gasteiger partial charge in [0.1, 0.15) is 11.2 Å². The molecule has 1 N–H and O–H groups in total. The molecule has 0 radical (unpaired) electrons. The van der Waals surface area contributed by atoms with Gasteiger partial charge in [-0.3, -0.25) is 14.9 Å². The highest BCUT2D eigenvalue weighted by atomic mass is 16.6. The molecule has 0 saturated carbocycles. The maximum absolute atomic E-state index is 13.0. The van der Waals surface area contributed by atoms with E-state index in [0.717, 1.165) is 16.3 Å². The average Bonchev–Trinajstić information content (AvgIpc) is 3.36. The van der Waals surface area contributed by atoms with Crippen LogP contribution in [0.2, 0.25) is 0 Å². The second-order valence-electron chi connectivity index (χ2n) is 8.74. The van der Waals surface area contributed by atoms with Gasteiger partial charge < -0.3 is 19.4 Å². The van der Waals surface area contributed by atoms with Crippen LogP contribution in [0.4, 0.5) is 17.1 Å². The number of carbonyl (C=O) groups excluding carboxylic acids is 1. The van der Waals surface area contributed by atoms with E-state index < -0.39 is 10.8 Å². The third kappa shape index (κ3) is 4.36. The molecular weight excluding hydrogens is 472 g/mol. The molecule has 1 amide bonds. The fourth-order valence-electron chi connectivity index (χ4n) is 4.62. The molecule has 6 rings (SSSR count). The molecule has 0 bridgehead atoms. The first-order chi connectivity index (χ1) is 18.1. The number of nitrogens with one attached hydrogen (secondary N) is 1. The third-order valence-corrected chi connectivity index (χ3v) is 6.45. The monoisotopic (exact) mass is 494 g/mol. The van der Waals surface area contributed by atoms with Gasteiger partial charge in [0.25, 0.3) is 11.6 Å². The lowest BCUT2D eigenvalue weighted by Gasteiger charge is -2.28. The lowest BCUT2D eigenvalue weighted by Crippen LogP contribution is -2.36. The van der Waals surface area contributed by atoms with Crippen molar-refractivity contribution in [3.8, 4) is 11.5 Å². The fourth-order valence-corrected chi connectivity index (χ4v) is 4.62. The number of benzene rings is 4. The van der Waals surface area contributed by atoms with Crippen molar-refractivity contribution >= 4 is 44.8 Å². The molecule has 2 heterocycles. The van der Waals surface area contributed by atoms with Gasteiger partial charge in [-0.2, -0.15) is 0 Å². The van der Waals surface area contributed by atoms with E-state index in [1.165, 1.54) is 6.07 Å². The minimum Gasteiger partial charge on any atom is -0.436 e. The number of nitrogens with zero attached hydrogens (tertiary/aromatic N) is 3. The quantitative estimate of drug-likeness (QED) is 0.248. The summed E-state index contributed by atoms with van der Waals surface area (Å²) in [6.07, 6.45) is 0. The van der Waals surface area contributed by atoms with Crippen LogP contribution in [-0.4, -0.2) is 42.1 Å². The number of amides is 1. The molecule has 1 aliphatic rings. The molecule has 0 atom stereocenters. The van der Waals surface area contributed by atoms with E-state index >= 15 is 0 Å². The predicted molar refractivity (Wildman–Crippen MR) is 141 cm³/mol. The Balaban J connectivity index is 1.27. The summed E-state index contributed by atoms with van der Waals surface area (Å²) in [7, 11) is 0. The van der Waals surface area contributed by atoms with Gasteiger partial charge >= 0.3 is 0 Å². The van der Waals surface area contributed by atoms with E-state index in [0.29, 0.717) is 54.7 Å². The highest BCUT2D eigenvalue weighted by Crippen LogP contribution is 2.32. The summed E-state index contributed by atoms with van der Waals surface area (Å²) in [6, 6.07) is 23.7. The van der Waals surface area contributed by atoms with E-state index in [1.54, 1.807) is 30.3 Å². The van der Waals surface area contributed by atoms with Crippen LogP contribution < -0.4 is 10.2 Å². The normalized spacial score (nSPS) is 13.7. The molecule has 5 aromatic rings. The highest BCUT2D eigenvalue weighted by Gasteiger charge is 2.23. The van der Waals surface area contributed by atoms with Crippen molar-refractivity contribution in [1.82, 2.24) is 4.98 Å². The Morgan fingerprint density at radius 2 is 1.78 bits per heavy atom. The summed E-state index contributed by atoms with van der Waals surface area (Å²) in [6.45, 7) is 2.13. The van der Waals surface area contributed by atoms with E-state index in [-0.39, 0.29) is 11.3 Å². The van der Waals surface area contributed by atoms with Gasteiger partial charge in [0.2, 0.25) is 5.89 Å². The van der Waals surface area contributed by atoms with Crippen molar-refractivity contribution in [2.75, 3.05) is 36.5 Å². The second kappa shape index (κ2) is 9.36. The Labute approximate surface area is 211 Å². The number of nitro groups is 1. The van der Waals surface area contributed by atoms with Gasteiger partial charge in [0.05, 0.1) is 18.1 Å².